The molecule has 0 spiro atoms. The van der Waals surface area contributed by atoms with Crippen LogP contribution in [0.2, 0.25) is 0 Å². The molecule has 0 aliphatic heterocycles. The van der Waals surface area contributed by atoms with Crippen LogP contribution in [0.25, 0.3) is 0 Å². The molecule has 0 saturated carbocycles. The molecule has 4 heteroatoms. The Balaban J connectivity index is 3.34. The number of esters is 1. The monoisotopic (exact) mass is 512 g/mol. The lowest BCUT2D eigenvalue weighted by molar-refractivity contribution is -0.143. The van der Waals surface area contributed by atoms with Gasteiger partial charge >= 0.3 is 5.97 Å². The fraction of sp³-hybridized carbons (Fsp3) is 0.969. The second kappa shape index (κ2) is 29.0. The second-order valence-electron chi connectivity index (χ2n) is 11.1. The summed E-state index contributed by atoms with van der Waals surface area (Å²) in [6, 6.07) is 0. The molecule has 0 aromatic rings. The molecule has 4 nitrogen and oxygen atoms in total. The van der Waals surface area contributed by atoms with Gasteiger partial charge in [-0.3, -0.25) is 4.79 Å². The number of carbonyl (C=O) groups is 1. The van der Waals surface area contributed by atoms with Crippen LogP contribution in [0.3, 0.4) is 0 Å². The molecule has 216 valence electrons. The van der Waals surface area contributed by atoms with Crippen molar-refractivity contribution >= 4 is 5.97 Å². The number of rotatable bonds is 29. The van der Waals surface area contributed by atoms with Crippen molar-refractivity contribution in [3.8, 4) is 0 Å². The SMILES string of the molecule is CCCCCCCCCCCCCCOC(=O)CCCCCCCC(O)C(O)CCCCCCCC. The Morgan fingerprint density at radius 2 is 0.833 bits per heavy atom. The molecule has 0 saturated heterocycles. The highest BCUT2D eigenvalue weighted by atomic mass is 16.5. The highest BCUT2D eigenvalue weighted by molar-refractivity contribution is 5.69. The zero-order chi connectivity index (χ0) is 26.5. The fourth-order valence-corrected chi connectivity index (χ4v) is 4.87. The van der Waals surface area contributed by atoms with E-state index in [1.165, 1.54) is 96.3 Å². The summed E-state index contributed by atoms with van der Waals surface area (Å²) in [5.41, 5.74) is 0. The van der Waals surface area contributed by atoms with E-state index in [2.05, 4.69) is 13.8 Å². The van der Waals surface area contributed by atoms with Gasteiger partial charge < -0.3 is 14.9 Å². The second-order valence-corrected chi connectivity index (χ2v) is 11.1. The van der Waals surface area contributed by atoms with Crippen LogP contribution in [0.5, 0.6) is 0 Å². The molecule has 0 radical (unpaired) electrons. The predicted molar refractivity (Wildman–Crippen MR) is 154 cm³/mol. The Bertz CT molecular complexity index is 440. The van der Waals surface area contributed by atoms with E-state index in [-0.39, 0.29) is 5.97 Å². The average Bonchev–Trinajstić information content (AvgIpc) is 2.88. The maximum atomic E-state index is 11.9. The number of aliphatic hydroxyl groups is 2. The van der Waals surface area contributed by atoms with Crippen molar-refractivity contribution in [3.63, 3.8) is 0 Å². The van der Waals surface area contributed by atoms with E-state index in [9.17, 15) is 15.0 Å². The van der Waals surface area contributed by atoms with Gasteiger partial charge in [-0.15, -0.1) is 0 Å². The van der Waals surface area contributed by atoms with Gasteiger partial charge in [0, 0.05) is 6.42 Å². The van der Waals surface area contributed by atoms with Crippen molar-refractivity contribution in [1.82, 2.24) is 0 Å². The van der Waals surface area contributed by atoms with Gasteiger partial charge in [0.2, 0.25) is 0 Å². The summed E-state index contributed by atoms with van der Waals surface area (Å²) in [6.07, 6.45) is 28.8. The Hall–Kier alpha value is -0.610. The molecule has 0 aliphatic rings. The van der Waals surface area contributed by atoms with Gasteiger partial charge in [-0.05, 0) is 25.7 Å². The van der Waals surface area contributed by atoms with Gasteiger partial charge in [-0.1, -0.05) is 149 Å². The van der Waals surface area contributed by atoms with Crippen molar-refractivity contribution in [3.05, 3.63) is 0 Å². The number of ether oxygens (including phenoxy) is 1. The molecule has 0 aliphatic carbocycles. The van der Waals surface area contributed by atoms with Crippen LogP contribution in [-0.4, -0.2) is 35.0 Å². The van der Waals surface area contributed by atoms with Crippen molar-refractivity contribution in [2.45, 2.75) is 193 Å². The molecule has 0 rings (SSSR count). The van der Waals surface area contributed by atoms with Gasteiger partial charge in [0.15, 0.2) is 0 Å². The van der Waals surface area contributed by atoms with Gasteiger partial charge in [0.05, 0.1) is 18.8 Å². The lowest BCUT2D eigenvalue weighted by atomic mass is 9.99. The van der Waals surface area contributed by atoms with E-state index in [0.717, 1.165) is 51.4 Å². The van der Waals surface area contributed by atoms with Crippen molar-refractivity contribution in [2.75, 3.05) is 6.61 Å². The number of unbranched alkanes of at least 4 members (excludes halogenated alkanes) is 20. The molecular weight excluding hydrogens is 448 g/mol. The lowest BCUT2D eigenvalue weighted by Crippen LogP contribution is -2.25. The number of carbonyl (C=O) groups excluding carboxylic acids is 1. The molecule has 2 atom stereocenters. The Morgan fingerprint density at radius 1 is 0.500 bits per heavy atom. The highest BCUT2D eigenvalue weighted by Gasteiger charge is 2.15. The van der Waals surface area contributed by atoms with E-state index >= 15 is 0 Å². The normalized spacial score (nSPS) is 13.1. The van der Waals surface area contributed by atoms with Crippen LogP contribution in [0.1, 0.15) is 181 Å². The van der Waals surface area contributed by atoms with Gasteiger partial charge in [-0.2, -0.15) is 0 Å². The summed E-state index contributed by atoms with van der Waals surface area (Å²) in [5, 5.41) is 20.3. The number of aliphatic hydroxyl groups excluding tert-OH is 2. The van der Waals surface area contributed by atoms with Crippen molar-refractivity contribution < 1.29 is 19.7 Å². The molecule has 0 aromatic heterocycles. The first-order valence-electron chi connectivity index (χ1n) is 16.1. The summed E-state index contributed by atoms with van der Waals surface area (Å²) in [6.45, 7) is 5.06. The Kier molecular flexibility index (Phi) is 28.5. The maximum Gasteiger partial charge on any atom is 0.305 e. The first-order chi connectivity index (χ1) is 17.6. The maximum absolute atomic E-state index is 11.9. The van der Waals surface area contributed by atoms with Crippen molar-refractivity contribution in [2.24, 2.45) is 0 Å². The average molecular weight is 513 g/mol. The van der Waals surface area contributed by atoms with Crippen LogP contribution in [0.15, 0.2) is 0 Å². The summed E-state index contributed by atoms with van der Waals surface area (Å²) in [5.74, 6) is -0.0497. The van der Waals surface area contributed by atoms with Crippen LogP contribution in [0.4, 0.5) is 0 Å². The minimum absolute atomic E-state index is 0.0497. The van der Waals surface area contributed by atoms with E-state index in [4.69, 9.17) is 4.74 Å². The molecule has 36 heavy (non-hydrogen) atoms. The smallest absolute Gasteiger partial charge is 0.305 e. The standard InChI is InChI=1S/C32H64O4/c1-3-5-7-9-11-12-13-14-15-16-21-25-29-36-32(35)28-24-20-17-19-23-27-31(34)30(33)26-22-18-10-8-6-4-2/h30-31,33-34H,3-29H2,1-2H3. The first-order valence-corrected chi connectivity index (χ1v) is 16.1. The zero-order valence-corrected chi connectivity index (χ0v) is 24.5. The predicted octanol–water partition coefficient (Wildman–Crippen LogP) is 9.43. The van der Waals surface area contributed by atoms with E-state index < -0.39 is 12.2 Å². The molecule has 0 bridgehead atoms. The van der Waals surface area contributed by atoms with Crippen LogP contribution in [0, 0.1) is 0 Å². The van der Waals surface area contributed by atoms with Crippen LogP contribution in [-0.2, 0) is 9.53 Å². The molecule has 0 fully saturated rings. The van der Waals surface area contributed by atoms with Gasteiger partial charge in [-0.25, -0.2) is 0 Å². The summed E-state index contributed by atoms with van der Waals surface area (Å²) >= 11 is 0. The number of hydrogen-bond donors (Lipinski definition) is 2. The van der Waals surface area contributed by atoms with E-state index in [0.29, 0.717) is 25.9 Å². The third-order valence-electron chi connectivity index (χ3n) is 7.44. The quantitative estimate of drug-likeness (QED) is 0.0773. The molecule has 0 aromatic carbocycles. The molecule has 0 heterocycles. The summed E-state index contributed by atoms with van der Waals surface area (Å²) in [7, 11) is 0. The minimum atomic E-state index is -0.587. The lowest BCUT2D eigenvalue weighted by Gasteiger charge is -2.17. The molecular formula is C32H64O4. The minimum Gasteiger partial charge on any atom is -0.466 e. The van der Waals surface area contributed by atoms with Crippen LogP contribution >= 0.6 is 0 Å². The van der Waals surface area contributed by atoms with Gasteiger partial charge in [0.25, 0.3) is 0 Å². The fourth-order valence-electron chi connectivity index (χ4n) is 4.87. The molecule has 2 unspecified atom stereocenters. The van der Waals surface area contributed by atoms with E-state index in [1.807, 2.05) is 0 Å². The van der Waals surface area contributed by atoms with Crippen molar-refractivity contribution in [1.29, 1.82) is 0 Å². The number of hydrogen-bond acceptors (Lipinski definition) is 4. The molecule has 2 N–H and O–H groups in total. The zero-order valence-electron chi connectivity index (χ0n) is 24.5. The Labute approximate surface area is 225 Å². The third kappa shape index (κ3) is 26.5. The first kappa shape index (κ1) is 35.4. The largest absolute Gasteiger partial charge is 0.466 e. The third-order valence-corrected chi connectivity index (χ3v) is 7.44. The summed E-state index contributed by atoms with van der Waals surface area (Å²) < 4.78 is 5.38. The topological polar surface area (TPSA) is 66.8 Å². The highest BCUT2D eigenvalue weighted by Crippen LogP contribution is 2.16. The van der Waals surface area contributed by atoms with Gasteiger partial charge in [0.1, 0.15) is 0 Å². The van der Waals surface area contributed by atoms with Crippen LogP contribution < -0.4 is 0 Å². The van der Waals surface area contributed by atoms with E-state index in [1.54, 1.807) is 0 Å². The Morgan fingerprint density at radius 3 is 1.25 bits per heavy atom. The summed E-state index contributed by atoms with van der Waals surface area (Å²) in [4.78, 5) is 11.9. The molecule has 0 amide bonds.